The monoisotopic (exact) mass is 391 g/mol. The Morgan fingerprint density at radius 1 is 1.29 bits per heavy atom. The molecule has 1 aliphatic heterocycles. The highest BCUT2D eigenvalue weighted by molar-refractivity contribution is 5.82. The number of rotatable bonds is 6. The summed E-state index contributed by atoms with van der Waals surface area (Å²) in [5, 5.41) is 33.8. The number of fused-ring (bicyclic) bond motifs is 1. The van der Waals surface area contributed by atoms with Crippen LogP contribution in [0.15, 0.2) is 18.7 Å². The number of hydrogen-bond acceptors (Lipinski definition) is 10. The van der Waals surface area contributed by atoms with Crippen LogP contribution >= 0.6 is 0 Å². The van der Waals surface area contributed by atoms with Gasteiger partial charge in [0.2, 0.25) is 0 Å². The zero-order valence-corrected chi connectivity index (χ0v) is 15.1. The molecule has 0 radical (unpaired) electrons. The highest BCUT2D eigenvalue weighted by Gasteiger charge is 2.44. The molecule has 4 atom stereocenters. The van der Waals surface area contributed by atoms with Gasteiger partial charge in [0.1, 0.15) is 23.8 Å². The molecule has 1 saturated heterocycles. The minimum atomic E-state index is -1.27. The van der Waals surface area contributed by atoms with Gasteiger partial charge in [0.15, 0.2) is 17.7 Å². The summed E-state index contributed by atoms with van der Waals surface area (Å²) in [6, 6.07) is 0. The summed E-state index contributed by atoms with van der Waals surface area (Å²) in [4.78, 5) is 12.9. The summed E-state index contributed by atoms with van der Waals surface area (Å²) in [7, 11) is 0. The molecule has 1 aliphatic rings. The lowest BCUT2D eigenvalue weighted by molar-refractivity contribution is -0.0511. The first-order valence-electron chi connectivity index (χ1n) is 8.77. The predicted molar refractivity (Wildman–Crippen MR) is 95.2 cm³/mol. The zero-order chi connectivity index (χ0) is 19.8. The summed E-state index contributed by atoms with van der Waals surface area (Å²) < 4.78 is 13.8. The van der Waals surface area contributed by atoms with E-state index in [0.29, 0.717) is 24.4 Å². The van der Waals surface area contributed by atoms with E-state index in [1.165, 1.54) is 15.6 Å². The summed E-state index contributed by atoms with van der Waals surface area (Å²) >= 11 is 0. The molecule has 12 nitrogen and oxygen atoms in total. The normalized spacial score (nSPS) is 25.0. The molecule has 4 rings (SSSR count). The van der Waals surface area contributed by atoms with Gasteiger partial charge in [0, 0.05) is 18.4 Å². The van der Waals surface area contributed by atoms with Gasteiger partial charge in [0.25, 0.3) is 5.95 Å². The highest BCUT2D eigenvalue weighted by atomic mass is 16.6. The van der Waals surface area contributed by atoms with Gasteiger partial charge in [0.05, 0.1) is 25.7 Å². The van der Waals surface area contributed by atoms with Gasteiger partial charge in [-0.05, 0) is 6.92 Å². The molecule has 0 aliphatic carbocycles. The molecule has 0 spiro atoms. The molecule has 1 fully saturated rings. The Morgan fingerprint density at radius 3 is 2.82 bits per heavy atom. The van der Waals surface area contributed by atoms with Crippen molar-refractivity contribution < 1.29 is 24.8 Å². The van der Waals surface area contributed by atoms with Gasteiger partial charge >= 0.3 is 0 Å². The molecule has 0 aromatic carbocycles. The number of nitrogens with two attached hydrogens (primary N) is 1. The second kappa shape index (κ2) is 7.41. The number of ether oxygens (including phenoxy) is 2. The van der Waals surface area contributed by atoms with E-state index in [-0.39, 0.29) is 11.8 Å². The van der Waals surface area contributed by atoms with Gasteiger partial charge in [-0.3, -0.25) is 4.57 Å². The lowest BCUT2D eigenvalue weighted by Gasteiger charge is -2.16. The Labute approximate surface area is 159 Å². The number of aliphatic hydroxyl groups is 3. The number of aliphatic hydroxyl groups excluding tert-OH is 3. The van der Waals surface area contributed by atoms with E-state index in [4.69, 9.17) is 15.2 Å². The van der Waals surface area contributed by atoms with Crippen LogP contribution in [0.2, 0.25) is 0 Å². The minimum Gasteiger partial charge on any atom is -0.394 e. The first-order valence-corrected chi connectivity index (χ1v) is 8.77. The maximum absolute atomic E-state index is 10.3. The lowest BCUT2D eigenvalue weighted by atomic mass is 10.1. The van der Waals surface area contributed by atoms with Crippen molar-refractivity contribution in [1.29, 1.82) is 0 Å². The quantitative estimate of drug-likeness (QED) is 0.398. The molecule has 150 valence electrons. The fourth-order valence-electron chi connectivity index (χ4n) is 3.09. The van der Waals surface area contributed by atoms with Crippen LogP contribution < -0.4 is 5.73 Å². The van der Waals surface area contributed by atoms with Gasteiger partial charge in [-0.25, -0.2) is 9.67 Å². The van der Waals surface area contributed by atoms with Crippen molar-refractivity contribution in [3.63, 3.8) is 0 Å². The molecule has 0 amide bonds. The van der Waals surface area contributed by atoms with Crippen molar-refractivity contribution in [2.24, 2.45) is 0 Å². The van der Waals surface area contributed by atoms with Crippen LogP contribution in [-0.4, -0.2) is 76.1 Å². The largest absolute Gasteiger partial charge is 0.394 e. The fraction of sp³-hybridized carbons (Fsp3) is 0.500. The first-order chi connectivity index (χ1) is 13.5. The number of hydrogen-bond donors (Lipinski definition) is 4. The maximum Gasteiger partial charge on any atom is 0.254 e. The Bertz CT molecular complexity index is 974. The maximum atomic E-state index is 10.3. The van der Waals surface area contributed by atoms with Crippen molar-refractivity contribution in [3.05, 3.63) is 24.3 Å². The van der Waals surface area contributed by atoms with E-state index in [9.17, 15) is 15.3 Å². The second-order valence-corrected chi connectivity index (χ2v) is 6.39. The standard InChI is InChI=1S/C16H21N7O5/c1-2-27-6-8-3-19-23(4-8)16-20-13(17)10-14(21-16)22(7-18-10)15-12(26)11(25)9(5-24)28-15/h3-4,7,9,11-12,15,24-26H,2,5-6H2,1H3,(H2,17,20,21)/t9-,11-,12-,15-/m1/s1. The average molecular weight is 391 g/mol. The molecular formula is C16H21N7O5. The fourth-order valence-corrected chi connectivity index (χ4v) is 3.09. The SMILES string of the molecule is CCOCc1cnn(-c2nc(N)c3ncn([C@@H]4O[C@H](CO)[C@@H](O)[C@H]4O)c3n2)c1. The van der Waals surface area contributed by atoms with Crippen molar-refractivity contribution in [2.75, 3.05) is 18.9 Å². The third-order valence-corrected chi connectivity index (χ3v) is 4.54. The van der Waals surface area contributed by atoms with E-state index in [1.54, 1.807) is 12.4 Å². The van der Waals surface area contributed by atoms with E-state index in [0.717, 1.165) is 5.56 Å². The van der Waals surface area contributed by atoms with Crippen LogP contribution in [0.25, 0.3) is 17.1 Å². The smallest absolute Gasteiger partial charge is 0.254 e. The third-order valence-electron chi connectivity index (χ3n) is 4.54. The van der Waals surface area contributed by atoms with Crippen LogP contribution in [0.4, 0.5) is 5.82 Å². The van der Waals surface area contributed by atoms with Crippen LogP contribution in [0.1, 0.15) is 18.7 Å². The van der Waals surface area contributed by atoms with Crippen LogP contribution in [0.3, 0.4) is 0 Å². The Hall–Kier alpha value is -2.64. The average Bonchev–Trinajstić information content (AvgIpc) is 3.39. The summed E-state index contributed by atoms with van der Waals surface area (Å²) in [6.07, 6.45) is 0.360. The van der Waals surface area contributed by atoms with E-state index < -0.39 is 31.1 Å². The van der Waals surface area contributed by atoms with Gasteiger partial charge < -0.3 is 30.5 Å². The minimum absolute atomic E-state index is 0.132. The summed E-state index contributed by atoms with van der Waals surface area (Å²) in [6.45, 7) is 2.47. The Kier molecular flexibility index (Phi) is 4.95. The number of nitrogen functional groups attached to an aromatic ring is 1. The van der Waals surface area contributed by atoms with E-state index in [2.05, 4.69) is 20.1 Å². The molecule has 3 aromatic heterocycles. The Morgan fingerprint density at radius 2 is 2.11 bits per heavy atom. The molecule has 5 N–H and O–H groups in total. The predicted octanol–water partition coefficient (Wildman–Crippen LogP) is -1.26. The van der Waals surface area contributed by atoms with Gasteiger partial charge in [-0.1, -0.05) is 0 Å². The van der Waals surface area contributed by atoms with E-state index in [1.807, 2.05) is 6.92 Å². The number of aromatic nitrogens is 6. The lowest BCUT2D eigenvalue weighted by Crippen LogP contribution is -2.33. The topological polar surface area (TPSA) is 167 Å². The second-order valence-electron chi connectivity index (χ2n) is 6.39. The molecule has 0 unspecified atom stereocenters. The molecule has 0 saturated carbocycles. The van der Waals surface area contributed by atoms with Crippen molar-refractivity contribution >= 4 is 17.0 Å². The van der Waals surface area contributed by atoms with Gasteiger partial charge in [-0.2, -0.15) is 15.1 Å². The zero-order valence-electron chi connectivity index (χ0n) is 15.1. The molecular weight excluding hydrogens is 370 g/mol. The molecule has 4 heterocycles. The van der Waals surface area contributed by atoms with Crippen molar-refractivity contribution in [1.82, 2.24) is 29.3 Å². The van der Waals surface area contributed by atoms with Crippen LogP contribution in [0.5, 0.6) is 0 Å². The van der Waals surface area contributed by atoms with Gasteiger partial charge in [-0.15, -0.1) is 0 Å². The Balaban J connectivity index is 1.72. The molecule has 12 heteroatoms. The van der Waals surface area contributed by atoms with Crippen molar-refractivity contribution in [2.45, 2.75) is 38.1 Å². The molecule has 28 heavy (non-hydrogen) atoms. The number of anilines is 1. The molecule has 0 bridgehead atoms. The van der Waals surface area contributed by atoms with Crippen molar-refractivity contribution in [3.8, 4) is 5.95 Å². The highest BCUT2D eigenvalue weighted by Crippen LogP contribution is 2.32. The van der Waals surface area contributed by atoms with Crippen LogP contribution in [-0.2, 0) is 16.1 Å². The number of imidazole rings is 1. The number of nitrogens with zero attached hydrogens (tertiary/aromatic N) is 6. The third kappa shape index (κ3) is 3.10. The first kappa shape index (κ1) is 18.7. The van der Waals surface area contributed by atoms with E-state index >= 15 is 0 Å². The summed E-state index contributed by atoms with van der Waals surface area (Å²) in [5.41, 5.74) is 7.50. The summed E-state index contributed by atoms with van der Waals surface area (Å²) in [5.74, 6) is 0.341. The van der Waals surface area contributed by atoms with Crippen LogP contribution in [0, 0.1) is 0 Å². The molecule has 3 aromatic rings.